The van der Waals surface area contributed by atoms with Crippen LogP contribution in [0.2, 0.25) is 0 Å². The molecule has 11 rings (SSSR count). The van der Waals surface area contributed by atoms with Gasteiger partial charge in [0.1, 0.15) is 5.52 Å². The predicted molar refractivity (Wildman–Crippen MR) is 242 cm³/mol. The first kappa shape index (κ1) is 30.0. The molecule has 0 atom stereocenters. The summed E-state index contributed by atoms with van der Waals surface area (Å²) in [6.45, 7) is -7.65. The standard InChI is InChI=1S/C35H21N4.C20H18N.Ir/c1-2-11-24(12-3-1)38-23-39(25-13-10-20-36-21-25)35-32(38)22-37-34-31-19-9-7-17-29(31)27-15-5-4-14-26(27)28-16-6-8-18-30(28)33(34)35;1-14-9-10-18(20-11-15(2)16(3)13-21-20)12-19(14)17-7-5-4-6-8-17;/h1-12,14-22H;4-9,11-13H,1-3H3;/q2*-1;+3/i;1D3,2D3,3D3;. The van der Waals surface area contributed by atoms with Crippen molar-refractivity contribution in [1.29, 1.82) is 0 Å². The Morgan fingerprint density at radius 3 is 1.87 bits per heavy atom. The third kappa shape index (κ3) is 7.31. The Morgan fingerprint density at radius 1 is 0.574 bits per heavy atom. The Bertz CT molecular complexity index is 3510. The molecule has 0 saturated carbocycles. The fourth-order valence-corrected chi connectivity index (χ4v) is 7.84. The molecule has 0 aliphatic heterocycles. The summed E-state index contributed by atoms with van der Waals surface area (Å²) in [5.74, 6) is 0. The van der Waals surface area contributed by atoms with Crippen molar-refractivity contribution in [3.8, 4) is 78.4 Å². The fourth-order valence-electron chi connectivity index (χ4n) is 7.84. The average Bonchev–Trinajstić information content (AvgIpc) is 3.75. The van der Waals surface area contributed by atoms with Gasteiger partial charge in [-0.1, -0.05) is 158 Å². The van der Waals surface area contributed by atoms with Crippen molar-refractivity contribution in [1.82, 2.24) is 19.5 Å². The first-order chi connectivity index (χ1) is 33.2. The second-order valence-corrected chi connectivity index (χ2v) is 14.2. The Hall–Kier alpha value is -7.11. The molecule has 0 fully saturated rings. The second kappa shape index (κ2) is 16.9. The van der Waals surface area contributed by atoms with E-state index >= 15 is 0 Å². The summed E-state index contributed by atoms with van der Waals surface area (Å²) in [7, 11) is 0. The van der Waals surface area contributed by atoms with Gasteiger partial charge in [0.05, 0.1) is 16.9 Å². The van der Waals surface area contributed by atoms with Crippen LogP contribution in [0.5, 0.6) is 0 Å². The normalized spacial score (nSPS) is 13.9. The second-order valence-electron chi connectivity index (χ2n) is 14.2. The van der Waals surface area contributed by atoms with Crippen LogP contribution in [-0.4, -0.2) is 19.5 Å². The molecule has 5 nitrogen and oxygen atoms in total. The summed E-state index contributed by atoms with van der Waals surface area (Å²) < 4.78 is 73.5. The first-order valence-corrected chi connectivity index (χ1v) is 19.3. The monoisotopic (exact) mass is 971 g/mol. The number of hydrogen-bond donors (Lipinski definition) is 0. The van der Waals surface area contributed by atoms with Gasteiger partial charge in [-0.3, -0.25) is 9.55 Å². The summed E-state index contributed by atoms with van der Waals surface area (Å²) in [6, 6.07) is 57.3. The number of para-hydroxylation sites is 1. The number of fused-ring (bicyclic) bond motifs is 10. The molecule has 0 bridgehead atoms. The Balaban J connectivity index is 0.000000178. The summed E-state index contributed by atoms with van der Waals surface area (Å²) in [5.41, 5.74) is 13.9. The van der Waals surface area contributed by atoms with E-state index in [1.807, 2.05) is 42.7 Å². The van der Waals surface area contributed by atoms with Crippen LogP contribution in [-0.2, 0) is 20.1 Å². The van der Waals surface area contributed by atoms with E-state index < -0.39 is 20.6 Å². The van der Waals surface area contributed by atoms with Gasteiger partial charge in [0.2, 0.25) is 0 Å². The van der Waals surface area contributed by atoms with Crippen LogP contribution >= 0.6 is 0 Å². The Labute approximate surface area is 382 Å². The molecular formula is C55H39IrN5+. The Morgan fingerprint density at radius 2 is 1.20 bits per heavy atom. The average molecular weight is 971 g/mol. The van der Waals surface area contributed by atoms with E-state index in [2.05, 4.69) is 122 Å². The van der Waals surface area contributed by atoms with E-state index in [1.165, 1.54) is 34.4 Å². The van der Waals surface area contributed by atoms with Gasteiger partial charge in [-0.15, -0.1) is 29.3 Å². The van der Waals surface area contributed by atoms with Crippen LogP contribution in [0.1, 0.15) is 29.0 Å². The van der Waals surface area contributed by atoms with E-state index in [9.17, 15) is 0 Å². The van der Waals surface area contributed by atoms with Gasteiger partial charge >= 0.3 is 20.1 Å². The maximum atomic E-state index is 7.81. The number of pyridine rings is 3. The van der Waals surface area contributed by atoms with Crippen LogP contribution in [0.4, 0.5) is 0 Å². The van der Waals surface area contributed by atoms with Crippen molar-refractivity contribution in [2.45, 2.75) is 20.6 Å². The molecule has 292 valence electrons. The zero-order chi connectivity index (χ0) is 48.1. The van der Waals surface area contributed by atoms with Crippen molar-refractivity contribution in [2.24, 2.45) is 0 Å². The minimum atomic E-state index is -2.65. The molecule has 6 aromatic carbocycles. The molecule has 10 aromatic rings. The zero-order valence-electron chi connectivity index (χ0n) is 41.4. The van der Waals surface area contributed by atoms with Gasteiger partial charge in [0.15, 0.2) is 0 Å². The van der Waals surface area contributed by atoms with Crippen LogP contribution in [0.15, 0.2) is 183 Å². The van der Waals surface area contributed by atoms with Crippen molar-refractivity contribution >= 4 is 11.0 Å². The molecule has 0 N–H and O–H groups in total. The number of hydrogen-bond acceptors (Lipinski definition) is 3. The maximum Gasteiger partial charge on any atom is 3.00 e. The van der Waals surface area contributed by atoms with Gasteiger partial charge < -0.3 is 14.5 Å². The van der Waals surface area contributed by atoms with Gasteiger partial charge in [0, 0.05) is 35.9 Å². The van der Waals surface area contributed by atoms with E-state index in [0.717, 1.165) is 51.0 Å². The minimum absolute atomic E-state index is 0. The molecule has 6 heteroatoms. The number of rotatable bonds is 4. The van der Waals surface area contributed by atoms with Crippen LogP contribution in [0.3, 0.4) is 0 Å². The molecule has 61 heavy (non-hydrogen) atoms. The molecule has 0 saturated heterocycles. The Kier molecular flexibility index (Phi) is 8.29. The fraction of sp³-hybridized carbons (Fsp3) is 0.0545. The van der Waals surface area contributed by atoms with Crippen molar-refractivity contribution in [3.05, 3.63) is 218 Å². The zero-order valence-corrected chi connectivity index (χ0v) is 34.8. The molecule has 0 unspecified atom stereocenters. The summed E-state index contributed by atoms with van der Waals surface area (Å²) in [6.07, 6.45) is 10.2. The number of imidazole rings is 1. The first-order valence-electron chi connectivity index (χ1n) is 23.8. The third-order valence-corrected chi connectivity index (χ3v) is 10.6. The number of nitrogens with zero attached hydrogens (tertiary/aromatic N) is 5. The molecular weight excluding hydrogens is 923 g/mol. The molecule has 1 aliphatic carbocycles. The van der Waals surface area contributed by atoms with Crippen LogP contribution in [0, 0.1) is 39.0 Å². The van der Waals surface area contributed by atoms with Crippen LogP contribution < -0.4 is 4.57 Å². The van der Waals surface area contributed by atoms with E-state index in [4.69, 9.17) is 17.3 Å². The molecule has 0 radical (unpaired) electrons. The number of aromatic nitrogens is 5. The smallest absolute Gasteiger partial charge is 0.395 e. The van der Waals surface area contributed by atoms with Gasteiger partial charge in [-0.25, -0.2) is 0 Å². The van der Waals surface area contributed by atoms with Gasteiger partial charge in [0.25, 0.3) is 6.33 Å². The quantitative estimate of drug-likeness (QED) is 0.130. The van der Waals surface area contributed by atoms with Gasteiger partial charge in [-0.2, -0.15) is 12.1 Å². The molecule has 4 heterocycles. The maximum absolute atomic E-state index is 7.81. The van der Waals surface area contributed by atoms with E-state index in [-0.39, 0.29) is 42.5 Å². The van der Waals surface area contributed by atoms with Crippen molar-refractivity contribution in [3.63, 3.8) is 0 Å². The largest absolute Gasteiger partial charge is 3.00 e. The van der Waals surface area contributed by atoms with Crippen molar-refractivity contribution in [2.75, 3.05) is 0 Å². The van der Waals surface area contributed by atoms with E-state index in [0.29, 0.717) is 16.7 Å². The minimum Gasteiger partial charge on any atom is -0.395 e. The number of aryl methyl sites for hydroxylation is 3. The molecule has 4 aromatic heterocycles. The molecule has 0 amide bonds. The van der Waals surface area contributed by atoms with Gasteiger partial charge in [-0.05, 0) is 76.2 Å². The third-order valence-electron chi connectivity index (χ3n) is 10.6. The van der Waals surface area contributed by atoms with E-state index in [1.54, 1.807) is 36.5 Å². The summed E-state index contributed by atoms with van der Waals surface area (Å²) >= 11 is 0. The SMILES string of the molecule is [2H]C([2H])([2H])c1c[c-]c(-c2cc(C([2H])([2H])[2H])c(C([2H])([2H])[2H])cn2)cc1-c1ccccc1.[Ir+3].[c-]1ccncc1-[n+]1[c-]n(-c2ccccc2)c2cnc3c(c21)-c1ccccc1-c1ccccc1-c1ccccc1-3. The molecule has 0 spiro atoms. The topological polar surface area (TPSA) is 47.5 Å². The number of benzene rings is 6. The van der Waals surface area contributed by atoms with Crippen molar-refractivity contribution < 1.29 is 37.0 Å². The summed E-state index contributed by atoms with van der Waals surface area (Å²) in [4.78, 5) is 13.7. The predicted octanol–water partition coefficient (Wildman–Crippen LogP) is 12.4. The summed E-state index contributed by atoms with van der Waals surface area (Å²) in [5, 5.41) is 0. The van der Waals surface area contributed by atoms with Crippen LogP contribution in [0.25, 0.3) is 89.4 Å². The molecule has 1 aliphatic rings.